The molecule has 0 radical (unpaired) electrons. The van der Waals surface area contributed by atoms with E-state index in [2.05, 4.69) is 25.9 Å². The Morgan fingerprint density at radius 1 is 1.00 bits per heavy atom. The lowest BCUT2D eigenvalue weighted by Gasteiger charge is -2.37. The third-order valence-corrected chi connectivity index (χ3v) is 9.46. The first-order valence-electron chi connectivity index (χ1n) is 13.6. The zero-order valence-electron chi connectivity index (χ0n) is 23.8. The third kappa shape index (κ3) is 8.36. The number of piperidine rings is 1. The number of amides is 2. The van der Waals surface area contributed by atoms with Gasteiger partial charge in [-0.15, -0.1) is 0 Å². The van der Waals surface area contributed by atoms with E-state index in [1.165, 1.54) is 18.3 Å². The van der Waals surface area contributed by atoms with Crippen molar-refractivity contribution in [1.29, 1.82) is 0 Å². The quantitative estimate of drug-likeness (QED) is 0.160. The molecule has 2 aromatic carbocycles. The minimum absolute atomic E-state index is 0.0520. The summed E-state index contributed by atoms with van der Waals surface area (Å²) in [4.78, 5) is 38.4. The van der Waals surface area contributed by atoms with E-state index >= 15 is 0 Å². The first-order chi connectivity index (χ1) is 20.5. The van der Waals surface area contributed by atoms with E-state index in [0.717, 1.165) is 0 Å². The van der Waals surface area contributed by atoms with Gasteiger partial charge in [0.15, 0.2) is 0 Å². The van der Waals surface area contributed by atoms with E-state index in [1.807, 2.05) is 6.07 Å². The summed E-state index contributed by atoms with van der Waals surface area (Å²) in [6, 6.07) is 12.2. The van der Waals surface area contributed by atoms with Gasteiger partial charge in [-0.3, -0.25) is 19.5 Å². The van der Waals surface area contributed by atoms with Crippen molar-refractivity contribution in [1.82, 2.24) is 25.3 Å². The van der Waals surface area contributed by atoms with E-state index < -0.39 is 31.5 Å². The number of carbonyl (C=O) groups is 3. The molecule has 4 rings (SSSR count). The number of anilines is 1. The highest BCUT2D eigenvalue weighted by atomic mass is 35.5. The molecule has 1 aliphatic rings. The van der Waals surface area contributed by atoms with Gasteiger partial charge in [0.1, 0.15) is 17.5 Å². The Bertz CT molecular complexity index is 1480. The van der Waals surface area contributed by atoms with E-state index in [-0.39, 0.29) is 39.1 Å². The lowest BCUT2D eigenvalue weighted by Crippen LogP contribution is -2.47. The summed E-state index contributed by atoms with van der Waals surface area (Å²) in [5.41, 5.74) is 0.285. The summed E-state index contributed by atoms with van der Waals surface area (Å²) in [6.45, 7) is 5.63. The number of aromatic nitrogens is 2. The predicted octanol–water partition coefficient (Wildman–Crippen LogP) is 5.28. The monoisotopic (exact) mass is 650 g/mol. The number of aromatic amines is 1. The van der Waals surface area contributed by atoms with Crippen LogP contribution < -0.4 is 20.2 Å². The topological polar surface area (TPSA) is 155 Å². The van der Waals surface area contributed by atoms with Crippen LogP contribution >= 0.6 is 30.9 Å². The Kier molecular flexibility index (Phi) is 10.9. The SMILES string of the molecule is CC(C)OC(=O)C(C)NP(=O)(Oc1ccccc1)N1CCC(NC(=O)c2[nH]ncc2NC(=O)c2c(Cl)cccc2Cl)CC1. The minimum atomic E-state index is -3.76. The van der Waals surface area contributed by atoms with Crippen molar-refractivity contribution < 1.29 is 28.2 Å². The molecule has 3 aromatic rings. The van der Waals surface area contributed by atoms with Gasteiger partial charge in [0.25, 0.3) is 11.8 Å². The largest absolute Gasteiger partial charge is 0.462 e. The van der Waals surface area contributed by atoms with Crippen LogP contribution in [0.3, 0.4) is 0 Å². The zero-order chi connectivity index (χ0) is 31.1. The zero-order valence-corrected chi connectivity index (χ0v) is 26.2. The summed E-state index contributed by atoms with van der Waals surface area (Å²) < 4.78 is 27.1. The fraction of sp³-hybridized carbons (Fsp3) is 0.357. The van der Waals surface area contributed by atoms with Crippen molar-refractivity contribution in [3.05, 3.63) is 76.0 Å². The molecule has 4 N–H and O–H groups in total. The number of hydrogen-bond acceptors (Lipinski definition) is 7. The van der Waals surface area contributed by atoms with Crippen molar-refractivity contribution in [3.63, 3.8) is 0 Å². The third-order valence-electron chi connectivity index (χ3n) is 6.52. The van der Waals surface area contributed by atoms with Crippen molar-refractivity contribution in [3.8, 4) is 5.75 Å². The molecule has 12 nitrogen and oxygen atoms in total. The van der Waals surface area contributed by atoms with Crippen molar-refractivity contribution >= 4 is 54.3 Å². The Balaban J connectivity index is 1.40. The fourth-order valence-corrected chi connectivity index (χ4v) is 7.07. The molecule has 1 fully saturated rings. The van der Waals surface area contributed by atoms with Gasteiger partial charge in [0.05, 0.1) is 33.6 Å². The Morgan fingerprint density at radius 3 is 2.28 bits per heavy atom. The van der Waals surface area contributed by atoms with Gasteiger partial charge in [0.2, 0.25) is 0 Å². The maximum Gasteiger partial charge on any atom is 0.393 e. The van der Waals surface area contributed by atoms with Crippen molar-refractivity contribution in [2.24, 2.45) is 0 Å². The number of carbonyl (C=O) groups excluding carboxylic acids is 3. The summed E-state index contributed by atoms with van der Waals surface area (Å²) in [5, 5.41) is 15.3. The Morgan fingerprint density at radius 2 is 1.65 bits per heavy atom. The van der Waals surface area contributed by atoms with Gasteiger partial charge < -0.3 is 19.9 Å². The molecule has 15 heteroatoms. The van der Waals surface area contributed by atoms with E-state index in [9.17, 15) is 18.9 Å². The molecule has 2 heterocycles. The summed E-state index contributed by atoms with van der Waals surface area (Å²) in [6.07, 6.45) is 1.86. The molecule has 0 aliphatic carbocycles. The van der Waals surface area contributed by atoms with Crippen LogP contribution in [-0.2, 0) is 14.1 Å². The summed E-state index contributed by atoms with van der Waals surface area (Å²) in [5.74, 6) is -1.24. The second-order valence-corrected chi connectivity index (χ2v) is 13.0. The van der Waals surface area contributed by atoms with Crippen LogP contribution in [0.5, 0.6) is 5.75 Å². The molecule has 2 amide bonds. The molecule has 0 spiro atoms. The second-order valence-electron chi connectivity index (χ2n) is 10.2. The molecule has 230 valence electrons. The number of H-pyrrole nitrogens is 1. The van der Waals surface area contributed by atoms with Gasteiger partial charge >= 0.3 is 13.6 Å². The van der Waals surface area contributed by atoms with Crippen LogP contribution in [0, 0.1) is 0 Å². The Hall–Kier alpha value is -3.41. The van der Waals surface area contributed by atoms with Gasteiger partial charge in [-0.05, 0) is 57.9 Å². The highest BCUT2D eigenvalue weighted by Gasteiger charge is 2.39. The predicted molar refractivity (Wildman–Crippen MR) is 164 cm³/mol. The number of halogens is 2. The average Bonchev–Trinajstić information content (AvgIpc) is 3.41. The molecular formula is C28H33Cl2N6O6P. The van der Waals surface area contributed by atoms with Gasteiger partial charge in [0, 0.05) is 19.1 Å². The highest BCUT2D eigenvalue weighted by molar-refractivity contribution is 7.54. The van der Waals surface area contributed by atoms with Gasteiger partial charge in [-0.1, -0.05) is 47.5 Å². The van der Waals surface area contributed by atoms with E-state index in [4.69, 9.17) is 32.5 Å². The lowest BCUT2D eigenvalue weighted by molar-refractivity contribution is -0.149. The minimum Gasteiger partial charge on any atom is -0.462 e. The van der Waals surface area contributed by atoms with E-state index in [1.54, 1.807) is 55.8 Å². The highest BCUT2D eigenvalue weighted by Crippen LogP contribution is 2.48. The lowest BCUT2D eigenvalue weighted by atomic mass is 10.1. The summed E-state index contributed by atoms with van der Waals surface area (Å²) >= 11 is 12.3. The Labute approximate surface area is 259 Å². The van der Waals surface area contributed by atoms with Gasteiger partial charge in [-0.25, -0.2) is 14.3 Å². The maximum atomic E-state index is 14.2. The number of nitrogens with one attached hydrogen (secondary N) is 4. The second kappa shape index (κ2) is 14.4. The smallest absolute Gasteiger partial charge is 0.393 e. The van der Waals surface area contributed by atoms with Crippen LogP contribution in [-0.4, -0.2) is 63.9 Å². The number of para-hydroxylation sites is 1. The van der Waals surface area contributed by atoms with Crippen LogP contribution in [0.25, 0.3) is 0 Å². The number of ether oxygens (including phenoxy) is 1. The first kappa shape index (κ1) is 32.5. The molecule has 2 atom stereocenters. The standard InChI is InChI=1S/C28H33Cl2N6O6P/c1-17(2)41-28(39)18(3)35-43(40,42-20-8-5-4-6-9-20)36-14-12-19(13-15-36)32-27(38)25-23(16-31-34-25)33-26(37)24-21(29)10-7-11-22(24)30/h4-11,16-19H,12-15H2,1-3H3,(H,31,34)(H,32,38)(H,33,37)(H,35,40). The molecule has 0 bridgehead atoms. The molecule has 1 saturated heterocycles. The number of esters is 1. The number of hydrogen-bond donors (Lipinski definition) is 4. The molecule has 2 unspecified atom stereocenters. The number of rotatable bonds is 11. The normalized spacial score (nSPS) is 16.2. The average molecular weight is 651 g/mol. The number of benzene rings is 2. The van der Waals surface area contributed by atoms with Crippen LogP contribution in [0.4, 0.5) is 5.69 Å². The molecule has 43 heavy (non-hydrogen) atoms. The van der Waals surface area contributed by atoms with Crippen molar-refractivity contribution in [2.75, 3.05) is 18.4 Å². The van der Waals surface area contributed by atoms with Crippen LogP contribution in [0.2, 0.25) is 10.0 Å². The van der Waals surface area contributed by atoms with Crippen LogP contribution in [0.1, 0.15) is 54.5 Å². The maximum absolute atomic E-state index is 14.2. The molecule has 1 aliphatic heterocycles. The number of nitrogens with zero attached hydrogens (tertiary/aromatic N) is 2. The van der Waals surface area contributed by atoms with E-state index in [0.29, 0.717) is 31.7 Å². The molecular weight excluding hydrogens is 618 g/mol. The van der Waals surface area contributed by atoms with Crippen LogP contribution in [0.15, 0.2) is 54.7 Å². The summed E-state index contributed by atoms with van der Waals surface area (Å²) in [7, 11) is -3.76. The molecule has 1 aromatic heterocycles. The fourth-order valence-electron chi connectivity index (χ4n) is 4.41. The molecule has 0 saturated carbocycles. The van der Waals surface area contributed by atoms with Gasteiger partial charge in [-0.2, -0.15) is 5.10 Å². The first-order valence-corrected chi connectivity index (χ1v) is 16.0. The van der Waals surface area contributed by atoms with Crippen molar-refractivity contribution in [2.45, 2.75) is 51.8 Å².